The van der Waals surface area contributed by atoms with Crippen LogP contribution < -0.4 is 5.73 Å². The molecule has 0 spiro atoms. The SMILES string of the molecule is N[C@H](c1nc2c(F)c(C3COC[C@H]3C(=O)N3CC(F)(F)C3)ccc2[nH]1)C1CCC(C(F)(F)F)CC1. The third-order valence-electron chi connectivity index (χ3n) is 7.65. The van der Waals surface area contributed by atoms with Crippen LogP contribution in [0.25, 0.3) is 11.0 Å². The zero-order valence-electron chi connectivity index (χ0n) is 18.8. The number of H-pyrrole nitrogens is 1. The van der Waals surface area contributed by atoms with E-state index in [9.17, 15) is 26.7 Å². The van der Waals surface area contributed by atoms with Crippen molar-refractivity contribution in [1.29, 1.82) is 0 Å². The number of alkyl halides is 5. The van der Waals surface area contributed by atoms with E-state index < -0.39 is 60.7 Å². The molecule has 1 aromatic carbocycles. The predicted octanol–water partition coefficient (Wildman–Crippen LogP) is 4.28. The fraction of sp³-hybridized carbons (Fsp3) is 0.652. The van der Waals surface area contributed by atoms with Gasteiger partial charge in [0.1, 0.15) is 11.3 Å². The number of hydrogen-bond donors (Lipinski definition) is 2. The van der Waals surface area contributed by atoms with Crippen molar-refractivity contribution in [2.45, 2.75) is 49.7 Å². The second-order valence-electron chi connectivity index (χ2n) is 9.97. The van der Waals surface area contributed by atoms with Gasteiger partial charge in [-0.1, -0.05) is 6.07 Å². The van der Waals surface area contributed by atoms with Crippen molar-refractivity contribution in [3.05, 3.63) is 29.3 Å². The van der Waals surface area contributed by atoms with Crippen LogP contribution in [-0.2, 0) is 9.53 Å². The number of aromatic nitrogens is 2. The minimum absolute atomic E-state index is 0.000646. The number of hydrogen-bond acceptors (Lipinski definition) is 4. The molecule has 35 heavy (non-hydrogen) atoms. The smallest absolute Gasteiger partial charge is 0.380 e. The lowest BCUT2D eigenvalue weighted by atomic mass is 9.78. The highest BCUT2D eigenvalue weighted by Crippen LogP contribution is 2.43. The van der Waals surface area contributed by atoms with Crippen LogP contribution in [0.3, 0.4) is 0 Å². The first kappa shape index (κ1) is 24.4. The van der Waals surface area contributed by atoms with Crippen molar-refractivity contribution in [3.8, 4) is 0 Å². The van der Waals surface area contributed by atoms with E-state index in [1.54, 1.807) is 6.07 Å². The quantitative estimate of drug-likeness (QED) is 0.609. The molecular weight excluding hydrogens is 478 g/mol. The van der Waals surface area contributed by atoms with Gasteiger partial charge in [-0.05, 0) is 43.2 Å². The summed E-state index contributed by atoms with van der Waals surface area (Å²) >= 11 is 0. The Morgan fingerprint density at radius 2 is 1.86 bits per heavy atom. The first-order valence-corrected chi connectivity index (χ1v) is 11.7. The second kappa shape index (κ2) is 8.65. The van der Waals surface area contributed by atoms with Crippen molar-refractivity contribution in [2.75, 3.05) is 26.3 Å². The fourth-order valence-corrected chi connectivity index (χ4v) is 5.56. The van der Waals surface area contributed by atoms with Gasteiger partial charge in [0.25, 0.3) is 5.92 Å². The van der Waals surface area contributed by atoms with Crippen LogP contribution in [0.1, 0.15) is 49.0 Å². The van der Waals surface area contributed by atoms with E-state index in [1.165, 1.54) is 6.07 Å². The van der Waals surface area contributed by atoms with Gasteiger partial charge < -0.3 is 20.4 Å². The van der Waals surface area contributed by atoms with Crippen molar-refractivity contribution in [1.82, 2.24) is 14.9 Å². The highest BCUT2D eigenvalue weighted by atomic mass is 19.4. The highest BCUT2D eigenvalue weighted by Gasteiger charge is 2.50. The first-order chi connectivity index (χ1) is 16.4. The molecule has 5 rings (SSSR count). The minimum Gasteiger partial charge on any atom is -0.380 e. The summed E-state index contributed by atoms with van der Waals surface area (Å²) in [6.45, 7) is -1.22. The van der Waals surface area contributed by atoms with Gasteiger partial charge in [0, 0.05) is 5.92 Å². The number of rotatable bonds is 4. The lowest BCUT2D eigenvalue weighted by molar-refractivity contribution is -0.184. The largest absolute Gasteiger partial charge is 0.391 e. The van der Waals surface area contributed by atoms with E-state index >= 15 is 4.39 Å². The lowest BCUT2D eigenvalue weighted by Crippen LogP contribution is -2.60. The molecule has 6 nitrogen and oxygen atoms in total. The van der Waals surface area contributed by atoms with Crippen LogP contribution >= 0.6 is 0 Å². The molecule has 0 bridgehead atoms. The van der Waals surface area contributed by atoms with Gasteiger partial charge in [-0.2, -0.15) is 13.2 Å². The molecule has 1 aliphatic carbocycles. The molecule has 1 unspecified atom stereocenters. The van der Waals surface area contributed by atoms with Gasteiger partial charge in [0.05, 0.1) is 49.7 Å². The molecule has 3 atom stereocenters. The van der Waals surface area contributed by atoms with Crippen molar-refractivity contribution < 1.29 is 35.9 Å². The molecule has 1 aromatic heterocycles. The van der Waals surface area contributed by atoms with Gasteiger partial charge in [-0.15, -0.1) is 0 Å². The molecule has 12 heteroatoms. The number of fused-ring (bicyclic) bond motifs is 1. The summed E-state index contributed by atoms with van der Waals surface area (Å²) in [5.41, 5.74) is 6.91. The standard InChI is InChI=1S/C23H26F6N4O2/c24-17-13(14-7-35-8-15(14)21(34)33-9-22(25,26)10-33)5-6-16-19(17)32-20(31-16)18(30)11-1-3-12(4-2-11)23(27,28)29/h5-6,11-12,14-15,18H,1-4,7-10,30H2,(H,31,32)/t11?,12?,14?,15-,18+/m1/s1. The number of carbonyl (C=O) groups is 1. The second-order valence-corrected chi connectivity index (χ2v) is 9.97. The number of halogens is 6. The maximum atomic E-state index is 15.5. The Kier molecular flexibility index (Phi) is 6.02. The Hall–Kier alpha value is -2.34. The van der Waals surface area contributed by atoms with Crippen molar-refractivity contribution in [2.24, 2.45) is 23.5 Å². The number of likely N-dealkylation sites (tertiary alicyclic amines) is 1. The molecule has 192 valence electrons. The van der Waals surface area contributed by atoms with E-state index in [1.807, 2.05) is 0 Å². The van der Waals surface area contributed by atoms with Crippen LogP contribution in [0.2, 0.25) is 0 Å². The Bertz CT molecular complexity index is 1100. The summed E-state index contributed by atoms with van der Waals surface area (Å²) in [5, 5.41) is 0. The van der Waals surface area contributed by atoms with E-state index in [-0.39, 0.29) is 43.1 Å². The van der Waals surface area contributed by atoms with E-state index in [0.717, 1.165) is 4.90 Å². The molecular formula is C23H26F6N4O2. The van der Waals surface area contributed by atoms with Crippen LogP contribution in [0.5, 0.6) is 0 Å². The molecule has 3 aliphatic rings. The van der Waals surface area contributed by atoms with Gasteiger partial charge in [0.2, 0.25) is 5.91 Å². The Labute approximate surface area is 197 Å². The van der Waals surface area contributed by atoms with Gasteiger partial charge in [-0.3, -0.25) is 4.79 Å². The van der Waals surface area contributed by atoms with Crippen LogP contribution in [-0.4, -0.2) is 59.2 Å². The number of imidazole rings is 1. The topological polar surface area (TPSA) is 84.2 Å². The maximum absolute atomic E-state index is 15.5. The van der Waals surface area contributed by atoms with E-state index in [4.69, 9.17) is 10.5 Å². The average Bonchev–Trinajstić information content (AvgIpc) is 3.44. The molecule has 0 radical (unpaired) electrons. The van der Waals surface area contributed by atoms with Crippen molar-refractivity contribution in [3.63, 3.8) is 0 Å². The predicted molar refractivity (Wildman–Crippen MR) is 113 cm³/mol. The third kappa shape index (κ3) is 4.50. The van der Waals surface area contributed by atoms with Crippen molar-refractivity contribution >= 4 is 16.9 Å². The number of ether oxygens (including phenoxy) is 1. The first-order valence-electron chi connectivity index (χ1n) is 11.7. The number of carbonyl (C=O) groups excluding carboxylic acids is 1. The minimum atomic E-state index is -4.21. The summed E-state index contributed by atoms with van der Waals surface area (Å²) in [5.74, 6) is -6.70. The number of aromatic amines is 1. The van der Waals surface area contributed by atoms with Crippen LogP contribution in [0, 0.1) is 23.6 Å². The number of nitrogens with zero attached hydrogens (tertiary/aromatic N) is 2. The Balaban J connectivity index is 1.33. The molecule has 2 saturated heterocycles. The summed E-state index contributed by atoms with van der Waals surface area (Å²) in [6, 6.07) is 2.45. The molecule has 1 saturated carbocycles. The summed E-state index contributed by atoms with van der Waals surface area (Å²) in [6.07, 6.45) is -3.61. The number of amides is 1. The number of benzene rings is 1. The van der Waals surface area contributed by atoms with Crippen LogP contribution in [0.4, 0.5) is 26.3 Å². The zero-order valence-corrected chi connectivity index (χ0v) is 18.8. The lowest BCUT2D eigenvalue weighted by Gasteiger charge is -2.40. The molecule has 2 aromatic rings. The average molecular weight is 504 g/mol. The zero-order chi connectivity index (χ0) is 25.1. The normalized spacial score (nSPS) is 29.9. The molecule has 3 heterocycles. The number of nitrogens with two attached hydrogens (primary N) is 1. The third-order valence-corrected chi connectivity index (χ3v) is 7.65. The maximum Gasteiger partial charge on any atom is 0.391 e. The van der Waals surface area contributed by atoms with E-state index in [2.05, 4.69) is 9.97 Å². The molecule has 1 amide bonds. The number of nitrogens with one attached hydrogen (secondary N) is 1. The van der Waals surface area contributed by atoms with Gasteiger partial charge in [-0.25, -0.2) is 18.2 Å². The molecule has 2 aliphatic heterocycles. The molecule has 3 fully saturated rings. The van der Waals surface area contributed by atoms with Gasteiger partial charge >= 0.3 is 6.18 Å². The Morgan fingerprint density at radius 3 is 2.49 bits per heavy atom. The summed E-state index contributed by atoms with van der Waals surface area (Å²) < 4.78 is 86.3. The van der Waals surface area contributed by atoms with Crippen LogP contribution in [0.15, 0.2) is 12.1 Å². The summed E-state index contributed by atoms with van der Waals surface area (Å²) in [4.78, 5) is 21.1. The monoisotopic (exact) mass is 504 g/mol. The summed E-state index contributed by atoms with van der Waals surface area (Å²) in [7, 11) is 0. The van der Waals surface area contributed by atoms with Gasteiger partial charge in [0.15, 0.2) is 5.82 Å². The fourth-order valence-electron chi connectivity index (χ4n) is 5.56. The highest BCUT2D eigenvalue weighted by molar-refractivity contribution is 5.82. The Morgan fingerprint density at radius 1 is 1.17 bits per heavy atom. The van der Waals surface area contributed by atoms with E-state index in [0.29, 0.717) is 24.2 Å². The molecule has 3 N–H and O–H groups in total.